The Balaban J connectivity index is 4.60. The fourth-order valence-electron chi connectivity index (χ4n) is 1.12. The zero-order valence-electron chi connectivity index (χ0n) is 12.9. The Morgan fingerprint density at radius 2 is 1.20 bits per heavy atom. The molecule has 0 aliphatic carbocycles. The van der Waals surface area contributed by atoms with Crippen LogP contribution in [0.2, 0.25) is 0 Å². The van der Waals surface area contributed by atoms with Gasteiger partial charge < -0.3 is 25.5 Å². The van der Waals surface area contributed by atoms with E-state index in [0.717, 1.165) is 0 Å². The number of hydrogen-bond donors (Lipinski definition) is 6. The second-order valence-electron chi connectivity index (χ2n) is 4.07. The van der Waals surface area contributed by atoms with Gasteiger partial charge in [0, 0.05) is 29.7 Å². The normalized spacial score (nSPS) is 12.8. The molecule has 0 saturated carbocycles. The van der Waals surface area contributed by atoms with Crippen LogP contribution in [-0.4, -0.2) is 61.8 Å². The van der Waals surface area contributed by atoms with Gasteiger partial charge in [0.2, 0.25) is 0 Å². The van der Waals surface area contributed by atoms with Crippen LogP contribution < -0.4 is 5.32 Å². The van der Waals surface area contributed by atoms with Crippen molar-refractivity contribution in [3.05, 3.63) is 0 Å². The fourth-order valence-corrected chi connectivity index (χ4v) is 1.12. The molecule has 0 rings (SSSR count). The van der Waals surface area contributed by atoms with Gasteiger partial charge in [-0.05, 0) is 30.6 Å². The van der Waals surface area contributed by atoms with Gasteiger partial charge in [-0.1, -0.05) is 5.92 Å². The van der Waals surface area contributed by atoms with Crippen molar-refractivity contribution in [2.24, 2.45) is 0 Å². The molecule has 0 aromatic heterocycles. The molecule has 0 unspecified atom stereocenters. The lowest BCUT2D eigenvalue weighted by Crippen LogP contribution is -2.52. The number of carboxylic acids is 1. The number of aliphatic hydroxyl groups is 4. The first-order chi connectivity index (χ1) is 11.8. The zero-order chi connectivity index (χ0) is 19.2. The monoisotopic (exact) mass is 343 g/mol. The number of carbonyl (C=O) groups is 2. The van der Waals surface area contributed by atoms with Crippen LogP contribution in [0, 0.1) is 59.3 Å². The summed E-state index contributed by atoms with van der Waals surface area (Å²) in [4.78, 5) is 21.9. The van der Waals surface area contributed by atoms with E-state index in [1.807, 2.05) is 11.4 Å². The van der Waals surface area contributed by atoms with Crippen molar-refractivity contribution in [1.82, 2.24) is 5.32 Å². The summed E-state index contributed by atoms with van der Waals surface area (Å²) in [5, 5.41) is 47.5. The third-order valence-electron chi connectivity index (χ3n) is 2.33. The summed E-state index contributed by atoms with van der Waals surface area (Å²) in [6.07, 6.45) is -9.12. The minimum absolute atomic E-state index is 1.23. The number of aliphatic hydroxyl groups excluding tert-OH is 4. The van der Waals surface area contributed by atoms with E-state index in [-0.39, 0.29) is 0 Å². The van der Waals surface area contributed by atoms with Crippen molar-refractivity contribution in [2.45, 2.75) is 31.3 Å². The van der Waals surface area contributed by atoms with Crippen LogP contribution in [0.1, 0.15) is 6.92 Å². The number of hydrogen-bond acceptors (Lipinski definition) is 6. The number of amides is 1. The van der Waals surface area contributed by atoms with Crippen LogP contribution in [0.4, 0.5) is 0 Å². The van der Waals surface area contributed by atoms with Crippen LogP contribution in [0.5, 0.6) is 0 Å². The molecule has 0 saturated heterocycles. The van der Waals surface area contributed by atoms with Gasteiger partial charge in [-0.3, -0.25) is 10.1 Å². The van der Waals surface area contributed by atoms with Crippen molar-refractivity contribution < 1.29 is 35.1 Å². The quantitative estimate of drug-likeness (QED) is 0.225. The van der Waals surface area contributed by atoms with E-state index in [9.17, 15) is 24.9 Å². The van der Waals surface area contributed by atoms with Crippen LogP contribution in [-0.2, 0) is 9.59 Å². The summed E-state index contributed by atoms with van der Waals surface area (Å²) in [7, 11) is 0. The number of rotatable bonds is 5. The summed E-state index contributed by atoms with van der Waals surface area (Å²) < 4.78 is 0. The molecule has 6 N–H and O–H groups in total. The lowest BCUT2D eigenvalue weighted by atomic mass is 10.0. The van der Waals surface area contributed by atoms with E-state index < -0.39 is 36.3 Å². The molecule has 0 radical (unpaired) electrons. The van der Waals surface area contributed by atoms with Crippen LogP contribution in [0.3, 0.4) is 0 Å². The SMILES string of the molecule is CC#CC#CC#CC#CC#CNC(=O)[C@@H](O)[C@H](O)[C@@H](O)[C@@H](O)C(=O)O. The van der Waals surface area contributed by atoms with Crippen molar-refractivity contribution >= 4 is 11.9 Å². The largest absolute Gasteiger partial charge is 0.479 e. The van der Waals surface area contributed by atoms with Crippen molar-refractivity contribution in [1.29, 1.82) is 0 Å². The molecule has 1 amide bonds. The molecular formula is C17H13NO7. The molecule has 4 atom stereocenters. The molecule has 0 spiro atoms. The van der Waals surface area contributed by atoms with Crippen LogP contribution in [0.25, 0.3) is 0 Å². The number of aliphatic carboxylic acids is 1. The Hall–Kier alpha value is -3.42. The minimum atomic E-state index is -2.38. The summed E-state index contributed by atoms with van der Waals surface area (Å²) >= 11 is 0. The summed E-state index contributed by atoms with van der Waals surface area (Å²) in [5.41, 5.74) is 0. The smallest absolute Gasteiger partial charge is 0.335 e. The average molecular weight is 343 g/mol. The van der Waals surface area contributed by atoms with Gasteiger partial charge in [-0.25, -0.2) is 4.79 Å². The molecule has 8 nitrogen and oxygen atoms in total. The second-order valence-corrected chi connectivity index (χ2v) is 4.07. The Morgan fingerprint density at radius 1 is 0.760 bits per heavy atom. The van der Waals surface area contributed by atoms with Crippen molar-refractivity contribution in [3.63, 3.8) is 0 Å². The summed E-state index contributed by atoms with van der Waals surface area (Å²) in [6, 6.07) is 2.04. The minimum Gasteiger partial charge on any atom is -0.479 e. The molecule has 0 bridgehead atoms. The highest BCUT2D eigenvalue weighted by atomic mass is 16.4. The van der Waals surface area contributed by atoms with Crippen molar-refractivity contribution in [2.75, 3.05) is 0 Å². The van der Waals surface area contributed by atoms with Crippen molar-refractivity contribution in [3.8, 4) is 59.3 Å². The molecule has 0 fully saturated rings. The molecule has 0 aromatic rings. The molecule has 0 heterocycles. The first-order valence-electron chi connectivity index (χ1n) is 6.49. The van der Waals surface area contributed by atoms with Gasteiger partial charge in [0.05, 0.1) is 0 Å². The predicted octanol–water partition coefficient (Wildman–Crippen LogP) is -3.37. The number of carboxylic acid groups (broad SMARTS) is 1. The highest BCUT2D eigenvalue weighted by Gasteiger charge is 2.37. The number of carbonyl (C=O) groups excluding carboxylic acids is 1. The van der Waals surface area contributed by atoms with Gasteiger partial charge in [0.15, 0.2) is 12.2 Å². The summed E-state index contributed by atoms with van der Waals surface area (Å²) in [6.45, 7) is 1.62. The van der Waals surface area contributed by atoms with E-state index >= 15 is 0 Å². The lowest BCUT2D eigenvalue weighted by molar-refractivity contribution is -0.166. The van der Waals surface area contributed by atoms with Gasteiger partial charge in [0.1, 0.15) is 12.2 Å². The van der Waals surface area contributed by atoms with E-state index in [4.69, 9.17) is 10.2 Å². The zero-order valence-corrected chi connectivity index (χ0v) is 12.9. The third kappa shape index (κ3) is 8.70. The molecule has 128 valence electrons. The topological polar surface area (TPSA) is 147 Å². The second kappa shape index (κ2) is 12.1. The molecular weight excluding hydrogens is 330 g/mol. The van der Waals surface area contributed by atoms with E-state index in [1.165, 1.54) is 0 Å². The van der Waals surface area contributed by atoms with E-state index in [1.54, 1.807) is 6.92 Å². The standard InChI is InChI=1S/C17H13NO7/c1-2-3-4-5-6-7-8-9-10-11-18-16(23)14(21)12(19)13(20)15(22)17(24)25/h12-15,19-22H,1H3,(H,18,23)(H,24,25)/t12-,13-,14+,15-/m1/s1. The Morgan fingerprint density at radius 3 is 1.68 bits per heavy atom. The van der Waals surface area contributed by atoms with Crippen LogP contribution in [0.15, 0.2) is 0 Å². The molecule has 0 aromatic carbocycles. The maximum Gasteiger partial charge on any atom is 0.335 e. The summed E-state index contributed by atoms with van der Waals surface area (Å²) in [5.74, 6) is 18.2. The van der Waals surface area contributed by atoms with Gasteiger partial charge in [0.25, 0.3) is 5.91 Å². The lowest BCUT2D eigenvalue weighted by Gasteiger charge is -2.23. The Labute approximate surface area is 143 Å². The highest BCUT2D eigenvalue weighted by Crippen LogP contribution is 2.05. The molecule has 0 aliphatic heterocycles. The van der Waals surface area contributed by atoms with E-state index in [0.29, 0.717) is 0 Å². The Kier molecular flexibility index (Phi) is 10.4. The number of nitrogens with one attached hydrogen (secondary N) is 1. The predicted molar refractivity (Wildman–Crippen MR) is 84.4 cm³/mol. The maximum absolute atomic E-state index is 11.4. The third-order valence-corrected chi connectivity index (χ3v) is 2.33. The van der Waals surface area contributed by atoms with Gasteiger partial charge in [-0.2, -0.15) is 0 Å². The van der Waals surface area contributed by atoms with Crippen LogP contribution >= 0.6 is 0 Å². The maximum atomic E-state index is 11.4. The average Bonchev–Trinajstić information content (AvgIpc) is 2.60. The highest BCUT2D eigenvalue weighted by molar-refractivity contribution is 5.83. The fraction of sp³-hybridized carbons (Fsp3) is 0.294. The van der Waals surface area contributed by atoms with Gasteiger partial charge >= 0.3 is 5.97 Å². The van der Waals surface area contributed by atoms with E-state index in [2.05, 4.69) is 53.3 Å². The molecule has 8 heteroatoms. The molecule has 0 aliphatic rings. The van der Waals surface area contributed by atoms with Gasteiger partial charge in [-0.15, -0.1) is 0 Å². The molecule has 25 heavy (non-hydrogen) atoms. The first-order valence-corrected chi connectivity index (χ1v) is 6.49. The Bertz CT molecular complexity index is 806. The first kappa shape index (κ1) is 21.6.